The molecule has 8 heteroatoms. The summed E-state index contributed by atoms with van der Waals surface area (Å²) in [5.74, 6) is 0.177. The summed E-state index contributed by atoms with van der Waals surface area (Å²) >= 11 is 0. The molecule has 0 spiro atoms. The molecule has 4 N–H and O–H groups in total. The van der Waals surface area contributed by atoms with Crippen LogP contribution >= 0.6 is 0 Å². The summed E-state index contributed by atoms with van der Waals surface area (Å²) in [6.45, 7) is 6.10. The molecule has 4 rings (SSSR count). The van der Waals surface area contributed by atoms with Crippen LogP contribution in [0.5, 0.6) is 0 Å². The Morgan fingerprint density at radius 3 is 2.58 bits per heavy atom. The zero-order valence-corrected chi connectivity index (χ0v) is 18.8. The number of hydrogen-bond acceptors (Lipinski definition) is 6. The van der Waals surface area contributed by atoms with E-state index in [1.54, 1.807) is 12.4 Å². The van der Waals surface area contributed by atoms with Crippen LogP contribution in [0.25, 0.3) is 22.3 Å². The fourth-order valence-corrected chi connectivity index (χ4v) is 3.45. The summed E-state index contributed by atoms with van der Waals surface area (Å²) in [6.07, 6.45) is 4.60. The van der Waals surface area contributed by atoms with Crippen molar-refractivity contribution in [2.45, 2.75) is 32.6 Å². The van der Waals surface area contributed by atoms with Gasteiger partial charge in [0.2, 0.25) is 11.8 Å². The molecule has 0 unspecified atom stereocenters. The molecule has 0 atom stereocenters. The highest BCUT2D eigenvalue weighted by Crippen LogP contribution is 2.24. The monoisotopic (exact) mass is 442 g/mol. The maximum atomic E-state index is 12.4. The van der Waals surface area contributed by atoms with E-state index in [-0.39, 0.29) is 17.7 Å². The number of benzene rings is 2. The van der Waals surface area contributed by atoms with Crippen LogP contribution < -0.4 is 11.1 Å². The van der Waals surface area contributed by atoms with E-state index >= 15 is 0 Å². The predicted octanol–water partition coefficient (Wildman–Crippen LogP) is 4.44. The van der Waals surface area contributed by atoms with Crippen molar-refractivity contribution >= 4 is 34.6 Å². The summed E-state index contributed by atoms with van der Waals surface area (Å²) in [6, 6.07) is 15.3. The lowest BCUT2D eigenvalue weighted by molar-refractivity contribution is -0.115. The summed E-state index contributed by atoms with van der Waals surface area (Å²) in [7, 11) is 0. The third-order valence-corrected chi connectivity index (χ3v) is 5.34. The van der Waals surface area contributed by atoms with Gasteiger partial charge in [-0.05, 0) is 35.4 Å². The van der Waals surface area contributed by atoms with Crippen molar-refractivity contribution in [3.8, 4) is 5.69 Å². The zero-order chi connectivity index (χ0) is 23.6. The number of carbonyl (C=O) groups is 1. The SMILES string of the molecule is CC(C)(C)c1cc(NC(=O)Cc2ccc(-n3cnc4cc(/C(C=N)=C/N)ccc43)cc2)on1. The van der Waals surface area contributed by atoms with Gasteiger partial charge in [0, 0.05) is 35.2 Å². The molecule has 0 aliphatic heterocycles. The predicted molar refractivity (Wildman–Crippen MR) is 130 cm³/mol. The molecule has 4 aromatic rings. The van der Waals surface area contributed by atoms with Crippen molar-refractivity contribution in [2.75, 3.05) is 5.32 Å². The molecule has 0 aliphatic rings. The Morgan fingerprint density at radius 1 is 1.18 bits per heavy atom. The normalized spacial score (nSPS) is 12.2. The minimum Gasteiger partial charge on any atom is -0.404 e. The topological polar surface area (TPSA) is 123 Å². The van der Waals surface area contributed by atoms with Gasteiger partial charge in [0.1, 0.15) is 6.33 Å². The molecule has 0 bridgehead atoms. The number of imidazole rings is 1. The van der Waals surface area contributed by atoms with E-state index in [1.807, 2.05) is 67.8 Å². The summed E-state index contributed by atoms with van der Waals surface area (Å²) in [5, 5.41) is 14.2. The number of allylic oxidation sites excluding steroid dienone is 1. The molecule has 2 aromatic carbocycles. The molecular weight excluding hydrogens is 416 g/mol. The third-order valence-electron chi connectivity index (χ3n) is 5.34. The van der Waals surface area contributed by atoms with E-state index < -0.39 is 0 Å². The van der Waals surface area contributed by atoms with Crippen LogP contribution in [0.15, 0.2) is 65.6 Å². The van der Waals surface area contributed by atoms with Gasteiger partial charge < -0.3 is 15.7 Å². The van der Waals surface area contributed by atoms with Crippen molar-refractivity contribution in [1.29, 1.82) is 5.41 Å². The second-order valence-corrected chi connectivity index (χ2v) is 8.80. The standard InChI is InChI=1S/C25H26N6O2/c1-25(2,3)22-12-24(33-30-22)29-23(32)10-16-4-7-19(8-5-16)31-15-28-20-11-17(6-9-21(20)31)18(13-26)14-27/h4-9,11-15,26H,10,27H2,1-3H3,(H,29,32)/b18-14+,26-13?. The molecule has 168 valence electrons. The Balaban J connectivity index is 1.47. The lowest BCUT2D eigenvalue weighted by atomic mass is 9.92. The molecule has 33 heavy (non-hydrogen) atoms. The number of aromatic nitrogens is 3. The van der Waals surface area contributed by atoms with Crippen LogP contribution in [0.2, 0.25) is 0 Å². The first-order chi connectivity index (χ1) is 15.8. The van der Waals surface area contributed by atoms with Gasteiger partial charge in [-0.25, -0.2) is 4.98 Å². The van der Waals surface area contributed by atoms with Gasteiger partial charge >= 0.3 is 0 Å². The minimum atomic E-state index is -0.171. The van der Waals surface area contributed by atoms with Gasteiger partial charge in [-0.15, -0.1) is 0 Å². The Hall–Kier alpha value is -4.20. The van der Waals surface area contributed by atoms with E-state index in [2.05, 4.69) is 15.5 Å². The Labute approximate surface area is 191 Å². The maximum Gasteiger partial charge on any atom is 0.231 e. The Morgan fingerprint density at radius 2 is 1.94 bits per heavy atom. The molecule has 1 amide bonds. The first-order valence-electron chi connectivity index (χ1n) is 10.5. The molecular formula is C25H26N6O2. The van der Waals surface area contributed by atoms with Crippen LogP contribution in [-0.2, 0) is 16.6 Å². The van der Waals surface area contributed by atoms with Crippen molar-refractivity contribution in [3.63, 3.8) is 0 Å². The Kier molecular flexibility index (Phi) is 5.83. The zero-order valence-electron chi connectivity index (χ0n) is 18.8. The number of anilines is 1. The number of carbonyl (C=O) groups excluding carboxylic acids is 1. The van der Waals surface area contributed by atoms with E-state index in [0.29, 0.717) is 11.5 Å². The number of nitrogens with one attached hydrogen (secondary N) is 2. The molecule has 0 saturated carbocycles. The lowest BCUT2D eigenvalue weighted by Gasteiger charge is -2.12. The van der Waals surface area contributed by atoms with Crippen LogP contribution in [0.1, 0.15) is 37.6 Å². The molecule has 0 aliphatic carbocycles. The molecule has 8 nitrogen and oxygen atoms in total. The number of rotatable bonds is 6. The van der Waals surface area contributed by atoms with Gasteiger partial charge in [0.15, 0.2) is 0 Å². The summed E-state index contributed by atoms with van der Waals surface area (Å²) in [4.78, 5) is 16.9. The van der Waals surface area contributed by atoms with Crippen LogP contribution in [0.3, 0.4) is 0 Å². The van der Waals surface area contributed by atoms with Gasteiger partial charge in [-0.2, -0.15) is 0 Å². The van der Waals surface area contributed by atoms with Crippen LogP contribution in [0.4, 0.5) is 5.88 Å². The van der Waals surface area contributed by atoms with Crippen molar-refractivity contribution < 1.29 is 9.32 Å². The van der Waals surface area contributed by atoms with Gasteiger partial charge in [0.25, 0.3) is 0 Å². The van der Waals surface area contributed by atoms with E-state index in [4.69, 9.17) is 15.7 Å². The number of nitrogens with zero attached hydrogens (tertiary/aromatic N) is 3. The molecule has 0 radical (unpaired) electrons. The first kappa shape index (κ1) is 22.0. The minimum absolute atomic E-state index is 0.148. The van der Waals surface area contributed by atoms with E-state index in [0.717, 1.165) is 33.5 Å². The van der Waals surface area contributed by atoms with Gasteiger partial charge in [-0.3, -0.25) is 14.7 Å². The van der Waals surface area contributed by atoms with Crippen molar-refractivity contribution in [2.24, 2.45) is 5.73 Å². The van der Waals surface area contributed by atoms with Crippen LogP contribution in [-0.4, -0.2) is 26.8 Å². The summed E-state index contributed by atoms with van der Waals surface area (Å²) < 4.78 is 7.20. The quantitative estimate of drug-likeness (QED) is 0.381. The number of amides is 1. The fraction of sp³-hybridized carbons (Fsp3) is 0.200. The maximum absolute atomic E-state index is 12.4. The second kappa shape index (κ2) is 8.74. The van der Waals surface area contributed by atoms with E-state index in [9.17, 15) is 4.79 Å². The second-order valence-electron chi connectivity index (χ2n) is 8.80. The van der Waals surface area contributed by atoms with Gasteiger partial charge in [0.05, 0.1) is 23.1 Å². The average Bonchev–Trinajstić information content (AvgIpc) is 3.42. The Bertz CT molecular complexity index is 1340. The number of hydrogen-bond donors (Lipinski definition) is 3. The van der Waals surface area contributed by atoms with Crippen LogP contribution in [0, 0.1) is 5.41 Å². The smallest absolute Gasteiger partial charge is 0.231 e. The largest absolute Gasteiger partial charge is 0.404 e. The third kappa shape index (κ3) is 4.69. The highest BCUT2D eigenvalue weighted by Gasteiger charge is 2.19. The van der Waals surface area contributed by atoms with Crippen molar-refractivity contribution in [1.82, 2.24) is 14.7 Å². The molecule has 0 fully saturated rings. The highest BCUT2D eigenvalue weighted by molar-refractivity contribution is 6.09. The molecule has 2 aromatic heterocycles. The molecule has 0 saturated heterocycles. The average molecular weight is 443 g/mol. The lowest BCUT2D eigenvalue weighted by Crippen LogP contribution is -2.14. The van der Waals surface area contributed by atoms with Crippen molar-refractivity contribution in [3.05, 3.63) is 77.9 Å². The summed E-state index contributed by atoms with van der Waals surface area (Å²) in [5.41, 5.74) is 11.3. The van der Waals surface area contributed by atoms with E-state index in [1.165, 1.54) is 12.4 Å². The van der Waals surface area contributed by atoms with Gasteiger partial charge in [-0.1, -0.05) is 44.1 Å². The first-order valence-corrected chi connectivity index (χ1v) is 10.5. The molecule has 2 heterocycles. The number of nitrogens with two attached hydrogens (primary N) is 1. The fourth-order valence-electron chi connectivity index (χ4n) is 3.45. The highest BCUT2D eigenvalue weighted by atomic mass is 16.5. The number of fused-ring (bicyclic) bond motifs is 1.